The van der Waals surface area contributed by atoms with Gasteiger partial charge in [0.15, 0.2) is 0 Å². The maximum atomic E-state index is 10.7. The number of nitrogens with two attached hydrogens (primary N) is 1. The van der Waals surface area contributed by atoms with Crippen molar-refractivity contribution in [1.29, 1.82) is 5.26 Å². The second-order valence-electron chi connectivity index (χ2n) is 2.51. The minimum atomic E-state index is -0.508. The minimum Gasteiger partial charge on any atom is -0.366 e. The summed E-state index contributed by atoms with van der Waals surface area (Å²) in [6.45, 7) is 1.81. The third-order valence-corrected chi connectivity index (χ3v) is 1.64. The molecule has 0 radical (unpaired) electrons. The number of aryl methyl sites for hydroxylation is 1. The van der Waals surface area contributed by atoms with Crippen LogP contribution in [0.15, 0.2) is 18.2 Å². The summed E-state index contributed by atoms with van der Waals surface area (Å²) in [5.74, 6) is -0.508. The molecule has 1 rings (SSSR count). The number of hydrogen-bond acceptors (Lipinski definition) is 2. The van der Waals surface area contributed by atoms with Crippen LogP contribution in [0.5, 0.6) is 0 Å². The zero-order valence-corrected chi connectivity index (χ0v) is 6.66. The second kappa shape index (κ2) is 3.05. The van der Waals surface area contributed by atoms with Crippen molar-refractivity contribution < 1.29 is 4.79 Å². The van der Waals surface area contributed by atoms with Gasteiger partial charge in [-0.25, -0.2) is 0 Å². The molecule has 0 bridgehead atoms. The minimum absolute atomic E-state index is 0.372. The largest absolute Gasteiger partial charge is 0.366 e. The lowest BCUT2D eigenvalue weighted by atomic mass is 10.1. The molecule has 3 nitrogen and oxygen atoms in total. The van der Waals surface area contributed by atoms with Gasteiger partial charge in [-0.2, -0.15) is 5.26 Å². The molecule has 1 amide bonds. The van der Waals surface area contributed by atoms with Gasteiger partial charge in [-0.15, -0.1) is 0 Å². The lowest BCUT2D eigenvalue weighted by Gasteiger charge is -1.98. The summed E-state index contributed by atoms with van der Waals surface area (Å²) in [5, 5.41) is 8.62. The van der Waals surface area contributed by atoms with E-state index in [2.05, 4.69) is 0 Å². The summed E-state index contributed by atoms with van der Waals surface area (Å²) in [6.07, 6.45) is 0. The van der Waals surface area contributed by atoms with Gasteiger partial charge < -0.3 is 5.73 Å². The van der Waals surface area contributed by atoms with Crippen molar-refractivity contribution in [2.24, 2.45) is 5.73 Å². The number of carbonyl (C=O) groups excluding carboxylic acids is 1. The summed E-state index contributed by atoms with van der Waals surface area (Å²) in [6, 6.07) is 6.80. The van der Waals surface area contributed by atoms with Crippen LogP contribution in [-0.4, -0.2) is 5.91 Å². The molecule has 60 valence electrons. The first-order valence-electron chi connectivity index (χ1n) is 3.45. The van der Waals surface area contributed by atoms with Crippen LogP contribution in [0, 0.1) is 18.3 Å². The van der Waals surface area contributed by atoms with Gasteiger partial charge >= 0.3 is 0 Å². The summed E-state index contributed by atoms with van der Waals surface area (Å²) >= 11 is 0. The number of nitrogens with zero attached hydrogens (tertiary/aromatic N) is 1. The molecule has 0 heterocycles. The van der Waals surface area contributed by atoms with E-state index in [0.29, 0.717) is 11.1 Å². The average Bonchev–Trinajstić information content (AvgIpc) is 2.05. The molecule has 1 aromatic carbocycles. The van der Waals surface area contributed by atoms with E-state index in [0.717, 1.165) is 5.56 Å². The van der Waals surface area contributed by atoms with E-state index in [1.165, 1.54) is 6.07 Å². The highest BCUT2D eigenvalue weighted by Gasteiger charge is 2.02. The molecule has 0 aromatic heterocycles. The summed E-state index contributed by atoms with van der Waals surface area (Å²) < 4.78 is 0. The number of primary amides is 1. The van der Waals surface area contributed by atoms with Crippen LogP contribution in [-0.2, 0) is 0 Å². The summed E-state index contributed by atoms with van der Waals surface area (Å²) in [5.41, 5.74) is 6.75. The predicted molar refractivity (Wildman–Crippen MR) is 44.4 cm³/mol. The summed E-state index contributed by atoms with van der Waals surface area (Å²) in [7, 11) is 0. The van der Waals surface area contributed by atoms with Crippen molar-refractivity contribution in [3.63, 3.8) is 0 Å². The van der Waals surface area contributed by atoms with Gasteiger partial charge in [-0.3, -0.25) is 4.79 Å². The van der Waals surface area contributed by atoms with Crippen molar-refractivity contribution in [2.45, 2.75) is 6.92 Å². The van der Waals surface area contributed by atoms with E-state index in [4.69, 9.17) is 11.0 Å². The number of carbonyl (C=O) groups is 1. The van der Waals surface area contributed by atoms with Crippen molar-refractivity contribution in [3.8, 4) is 6.07 Å². The van der Waals surface area contributed by atoms with Crippen LogP contribution in [0.3, 0.4) is 0 Å². The van der Waals surface area contributed by atoms with Crippen LogP contribution in [0.25, 0.3) is 0 Å². The molecule has 0 saturated carbocycles. The Bertz CT molecular complexity index is 363. The third-order valence-electron chi connectivity index (χ3n) is 1.64. The fraction of sp³-hybridized carbons (Fsp3) is 0.111. The van der Waals surface area contributed by atoms with Gasteiger partial charge in [0.25, 0.3) is 0 Å². The Balaban J connectivity index is 3.25. The molecule has 0 aliphatic carbocycles. The van der Waals surface area contributed by atoms with Gasteiger partial charge in [-0.1, -0.05) is 6.07 Å². The fourth-order valence-electron chi connectivity index (χ4n) is 0.896. The van der Waals surface area contributed by atoms with Crippen molar-refractivity contribution >= 4 is 5.91 Å². The van der Waals surface area contributed by atoms with E-state index < -0.39 is 5.91 Å². The van der Waals surface area contributed by atoms with Crippen molar-refractivity contribution in [3.05, 3.63) is 34.9 Å². The molecule has 0 aliphatic heterocycles. The predicted octanol–water partition coefficient (Wildman–Crippen LogP) is 0.966. The lowest BCUT2D eigenvalue weighted by Crippen LogP contribution is -2.11. The zero-order chi connectivity index (χ0) is 9.14. The molecule has 0 spiro atoms. The van der Waals surface area contributed by atoms with Gasteiger partial charge in [0, 0.05) is 5.56 Å². The van der Waals surface area contributed by atoms with Crippen molar-refractivity contribution in [2.75, 3.05) is 0 Å². The molecule has 0 fully saturated rings. The normalized spacial score (nSPS) is 9.00. The Hall–Kier alpha value is -1.82. The third kappa shape index (κ3) is 1.43. The smallest absolute Gasteiger partial charge is 0.248 e. The van der Waals surface area contributed by atoms with Gasteiger partial charge in [0.1, 0.15) is 0 Å². The SMILES string of the molecule is Cc1ccc(C(N)=O)cc1C#N. The van der Waals surface area contributed by atoms with Gasteiger partial charge in [0.05, 0.1) is 11.6 Å². The number of hydrogen-bond donors (Lipinski definition) is 1. The summed E-state index contributed by atoms with van der Waals surface area (Å²) in [4.78, 5) is 10.7. The molecule has 0 atom stereocenters. The van der Waals surface area contributed by atoms with Crippen LogP contribution >= 0.6 is 0 Å². The van der Waals surface area contributed by atoms with Crippen LogP contribution in [0.1, 0.15) is 21.5 Å². The van der Waals surface area contributed by atoms with E-state index in [9.17, 15) is 4.79 Å². The molecule has 2 N–H and O–H groups in total. The van der Waals surface area contributed by atoms with E-state index in [-0.39, 0.29) is 0 Å². The highest BCUT2D eigenvalue weighted by atomic mass is 16.1. The number of nitriles is 1. The average molecular weight is 160 g/mol. The molecule has 0 unspecified atom stereocenters. The molecule has 0 saturated heterocycles. The Morgan fingerprint density at radius 2 is 2.25 bits per heavy atom. The standard InChI is InChI=1S/C9H8N2O/c1-6-2-3-7(9(11)12)4-8(6)5-10/h2-4H,1H3,(H2,11,12). The molecule has 1 aromatic rings. The highest BCUT2D eigenvalue weighted by Crippen LogP contribution is 2.08. The number of rotatable bonds is 1. The second-order valence-corrected chi connectivity index (χ2v) is 2.51. The number of benzene rings is 1. The lowest BCUT2D eigenvalue weighted by molar-refractivity contribution is 0.100. The quantitative estimate of drug-likeness (QED) is 0.665. The van der Waals surface area contributed by atoms with Crippen LogP contribution < -0.4 is 5.73 Å². The van der Waals surface area contributed by atoms with E-state index in [1.807, 2.05) is 13.0 Å². The van der Waals surface area contributed by atoms with E-state index >= 15 is 0 Å². The van der Waals surface area contributed by atoms with Crippen molar-refractivity contribution in [1.82, 2.24) is 0 Å². The first kappa shape index (κ1) is 8.28. The molecular formula is C9H8N2O. The Kier molecular flexibility index (Phi) is 2.11. The Labute approximate surface area is 70.4 Å². The topological polar surface area (TPSA) is 66.9 Å². The monoisotopic (exact) mass is 160 g/mol. The first-order chi connectivity index (χ1) is 5.65. The first-order valence-corrected chi connectivity index (χ1v) is 3.45. The molecular weight excluding hydrogens is 152 g/mol. The number of amides is 1. The van der Waals surface area contributed by atoms with Gasteiger partial charge in [-0.05, 0) is 24.6 Å². The maximum absolute atomic E-state index is 10.7. The Morgan fingerprint density at radius 3 is 2.75 bits per heavy atom. The van der Waals surface area contributed by atoms with Gasteiger partial charge in [0.2, 0.25) is 5.91 Å². The Morgan fingerprint density at radius 1 is 1.58 bits per heavy atom. The van der Waals surface area contributed by atoms with Crippen LogP contribution in [0.2, 0.25) is 0 Å². The maximum Gasteiger partial charge on any atom is 0.248 e. The fourth-order valence-corrected chi connectivity index (χ4v) is 0.896. The van der Waals surface area contributed by atoms with Crippen LogP contribution in [0.4, 0.5) is 0 Å². The molecule has 12 heavy (non-hydrogen) atoms. The van der Waals surface area contributed by atoms with E-state index in [1.54, 1.807) is 12.1 Å². The molecule has 0 aliphatic rings. The highest BCUT2D eigenvalue weighted by molar-refractivity contribution is 5.93. The zero-order valence-electron chi connectivity index (χ0n) is 6.66. The molecule has 3 heteroatoms.